The van der Waals surface area contributed by atoms with Gasteiger partial charge in [0.05, 0.1) is 6.61 Å². The molecule has 20 heavy (non-hydrogen) atoms. The average Bonchev–Trinajstić information content (AvgIpc) is 2.41. The number of hydrogen-bond donors (Lipinski definition) is 3. The molecular formula is C15H23NO4. The van der Waals surface area contributed by atoms with E-state index in [9.17, 15) is 15.0 Å². The lowest BCUT2D eigenvalue weighted by molar-refractivity contribution is -0.131. The number of aliphatic hydroxyl groups is 1. The van der Waals surface area contributed by atoms with Crippen molar-refractivity contribution in [3.63, 3.8) is 0 Å². The predicted molar refractivity (Wildman–Crippen MR) is 76.8 cm³/mol. The highest BCUT2D eigenvalue weighted by Gasteiger charge is 2.15. The Hall–Kier alpha value is -1.75. The van der Waals surface area contributed by atoms with E-state index >= 15 is 0 Å². The smallest absolute Gasteiger partial charge is 0.222 e. The molecule has 0 aliphatic carbocycles. The number of likely N-dealkylation sites (N-methyl/N-ethyl adjacent to an activating group) is 1. The minimum absolute atomic E-state index is 0.00617. The molecule has 1 atom stereocenters. The van der Waals surface area contributed by atoms with E-state index < -0.39 is 0 Å². The van der Waals surface area contributed by atoms with Gasteiger partial charge in [-0.25, -0.2) is 0 Å². The van der Waals surface area contributed by atoms with Crippen molar-refractivity contribution >= 4 is 5.91 Å². The van der Waals surface area contributed by atoms with Crippen molar-refractivity contribution < 1.29 is 20.1 Å². The number of carbonyl (C=O) groups is 1. The third kappa shape index (κ3) is 4.42. The summed E-state index contributed by atoms with van der Waals surface area (Å²) < 4.78 is 0. The van der Waals surface area contributed by atoms with Crippen LogP contribution in [-0.4, -0.2) is 45.8 Å². The SMILES string of the molecule is CCN(CCO)C(=O)CCC(C)c1ccc(O)cc1O. The van der Waals surface area contributed by atoms with Gasteiger partial charge < -0.3 is 20.2 Å². The van der Waals surface area contributed by atoms with Crippen LogP contribution in [0.25, 0.3) is 0 Å². The molecule has 0 aliphatic heterocycles. The third-order valence-electron chi connectivity index (χ3n) is 3.44. The number of aromatic hydroxyl groups is 2. The topological polar surface area (TPSA) is 81.0 Å². The van der Waals surface area contributed by atoms with Gasteiger partial charge >= 0.3 is 0 Å². The van der Waals surface area contributed by atoms with Crippen molar-refractivity contribution in [1.82, 2.24) is 4.90 Å². The Bertz CT molecular complexity index is 447. The molecule has 0 radical (unpaired) electrons. The molecule has 0 bridgehead atoms. The van der Waals surface area contributed by atoms with Crippen molar-refractivity contribution in [3.05, 3.63) is 23.8 Å². The minimum atomic E-state index is -0.0338. The summed E-state index contributed by atoms with van der Waals surface area (Å²) in [6.07, 6.45) is 0.981. The van der Waals surface area contributed by atoms with Crippen LogP contribution in [0.5, 0.6) is 11.5 Å². The van der Waals surface area contributed by atoms with Crippen LogP contribution in [0.4, 0.5) is 0 Å². The number of amides is 1. The van der Waals surface area contributed by atoms with Gasteiger partial charge in [0, 0.05) is 25.6 Å². The Morgan fingerprint density at radius 3 is 2.60 bits per heavy atom. The summed E-state index contributed by atoms with van der Waals surface area (Å²) in [6, 6.07) is 4.50. The molecule has 0 fully saturated rings. The van der Waals surface area contributed by atoms with Crippen LogP contribution in [-0.2, 0) is 4.79 Å². The highest BCUT2D eigenvalue weighted by atomic mass is 16.3. The predicted octanol–water partition coefficient (Wildman–Crippen LogP) is 1.82. The molecule has 1 amide bonds. The van der Waals surface area contributed by atoms with E-state index in [-0.39, 0.29) is 29.9 Å². The first kappa shape index (κ1) is 16.3. The van der Waals surface area contributed by atoms with E-state index in [1.54, 1.807) is 11.0 Å². The molecule has 112 valence electrons. The summed E-state index contributed by atoms with van der Waals surface area (Å²) in [4.78, 5) is 13.6. The molecule has 0 saturated heterocycles. The number of phenols is 2. The van der Waals surface area contributed by atoms with Crippen LogP contribution in [0.1, 0.15) is 38.2 Å². The van der Waals surface area contributed by atoms with Gasteiger partial charge in [0.25, 0.3) is 0 Å². The minimum Gasteiger partial charge on any atom is -0.508 e. The summed E-state index contributed by atoms with van der Waals surface area (Å²) in [6.45, 7) is 4.71. The Labute approximate surface area is 119 Å². The van der Waals surface area contributed by atoms with Gasteiger partial charge in [-0.2, -0.15) is 0 Å². The van der Waals surface area contributed by atoms with Gasteiger partial charge in [-0.15, -0.1) is 0 Å². The van der Waals surface area contributed by atoms with E-state index in [4.69, 9.17) is 5.11 Å². The largest absolute Gasteiger partial charge is 0.508 e. The molecule has 1 aromatic carbocycles. The van der Waals surface area contributed by atoms with Crippen LogP contribution in [0.15, 0.2) is 18.2 Å². The van der Waals surface area contributed by atoms with E-state index in [0.29, 0.717) is 25.9 Å². The molecule has 5 nitrogen and oxygen atoms in total. The van der Waals surface area contributed by atoms with E-state index in [1.807, 2.05) is 13.8 Å². The zero-order valence-corrected chi connectivity index (χ0v) is 12.0. The zero-order valence-electron chi connectivity index (χ0n) is 12.0. The monoisotopic (exact) mass is 281 g/mol. The average molecular weight is 281 g/mol. The normalized spacial score (nSPS) is 12.2. The van der Waals surface area contributed by atoms with Crippen molar-refractivity contribution in [2.24, 2.45) is 0 Å². The number of hydrogen-bond acceptors (Lipinski definition) is 4. The fourth-order valence-corrected chi connectivity index (χ4v) is 2.18. The Morgan fingerprint density at radius 2 is 2.05 bits per heavy atom. The van der Waals surface area contributed by atoms with E-state index in [1.165, 1.54) is 12.1 Å². The summed E-state index contributed by atoms with van der Waals surface area (Å²) in [5, 5.41) is 27.9. The second-order valence-corrected chi connectivity index (χ2v) is 4.88. The van der Waals surface area contributed by atoms with Gasteiger partial charge in [0.2, 0.25) is 5.91 Å². The molecule has 0 heterocycles. The molecule has 0 aromatic heterocycles. The maximum atomic E-state index is 12.0. The van der Waals surface area contributed by atoms with Gasteiger partial charge in [-0.3, -0.25) is 4.79 Å². The molecular weight excluding hydrogens is 258 g/mol. The second-order valence-electron chi connectivity index (χ2n) is 4.88. The molecule has 0 spiro atoms. The summed E-state index contributed by atoms with van der Waals surface area (Å²) in [7, 11) is 0. The van der Waals surface area contributed by atoms with Gasteiger partial charge in [0.1, 0.15) is 11.5 Å². The van der Waals surface area contributed by atoms with Crippen molar-refractivity contribution in [1.29, 1.82) is 0 Å². The Balaban J connectivity index is 2.58. The molecule has 1 unspecified atom stereocenters. The molecule has 1 aromatic rings. The zero-order chi connectivity index (χ0) is 15.1. The molecule has 0 aliphatic rings. The van der Waals surface area contributed by atoms with Crippen LogP contribution < -0.4 is 0 Å². The standard InChI is InChI=1S/C15H23NO4/c1-3-16(8-9-17)15(20)7-4-11(2)13-6-5-12(18)10-14(13)19/h5-6,10-11,17-19H,3-4,7-9H2,1-2H3. The highest BCUT2D eigenvalue weighted by molar-refractivity contribution is 5.76. The van der Waals surface area contributed by atoms with Crippen molar-refractivity contribution in [3.8, 4) is 11.5 Å². The van der Waals surface area contributed by atoms with Gasteiger partial charge in [0.15, 0.2) is 0 Å². The first-order valence-corrected chi connectivity index (χ1v) is 6.90. The fraction of sp³-hybridized carbons (Fsp3) is 0.533. The van der Waals surface area contributed by atoms with E-state index in [0.717, 1.165) is 5.56 Å². The maximum Gasteiger partial charge on any atom is 0.222 e. The van der Waals surface area contributed by atoms with Crippen molar-refractivity contribution in [2.45, 2.75) is 32.6 Å². The molecule has 3 N–H and O–H groups in total. The Morgan fingerprint density at radius 1 is 1.35 bits per heavy atom. The molecule has 1 rings (SSSR count). The fourth-order valence-electron chi connectivity index (χ4n) is 2.18. The number of phenolic OH excluding ortho intramolecular Hbond substituents is 2. The Kier molecular flexibility index (Phi) is 6.31. The number of nitrogens with zero attached hydrogens (tertiary/aromatic N) is 1. The van der Waals surface area contributed by atoms with Crippen molar-refractivity contribution in [2.75, 3.05) is 19.7 Å². The maximum absolute atomic E-state index is 12.0. The lowest BCUT2D eigenvalue weighted by Crippen LogP contribution is -2.33. The number of carbonyl (C=O) groups excluding carboxylic acids is 1. The first-order valence-electron chi connectivity index (χ1n) is 6.90. The number of benzene rings is 1. The van der Waals surface area contributed by atoms with Crippen LogP contribution in [0.3, 0.4) is 0 Å². The molecule has 5 heteroatoms. The van der Waals surface area contributed by atoms with Crippen LogP contribution >= 0.6 is 0 Å². The summed E-state index contributed by atoms with van der Waals surface area (Å²) in [5.41, 5.74) is 0.723. The third-order valence-corrected chi connectivity index (χ3v) is 3.44. The van der Waals surface area contributed by atoms with Crippen LogP contribution in [0.2, 0.25) is 0 Å². The van der Waals surface area contributed by atoms with Gasteiger partial charge in [-0.1, -0.05) is 13.0 Å². The summed E-state index contributed by atoms with van der Waals surface area (Å²) in [5.74, 6) is 0.0985. The van der Waals surface area contributed by atoms with Gasteiger partial charge in [-0.05, 0) is 30.9 Å². The molecule has 0 saturated carbocycles. The quantitative estimate of drug-likeness (QED) is 0.712. The highest BCUT2D eigenvalue weighted by Crippen LogP contribution is 2.31. The lowest BCUT2D eigenvalue weighted by atomic mass is 9.95. The van der Waals surface area contributed by atoms with E-state index in [2.05, 4.69) is 0 Å². The van der Waals surface area contributed by atoms with Crippen LogP contribution in [0, 0.1) is 0 Å². The lowest BCUT2D eigenvalue weighted by Gasteiger charge is -2.21. The summed E-state index contributed by atoms with van der Waals surface area (Å²) >= 11 is 0. The number of aliphatic hydroxyl groups excluding tert-OH is 1. The number of rotatable bonds is 7. The second kappa shape index (κ2) is 7.75. The first-order chi connectivity index (χ1) is 9.49.